The smallest absolute Gasteiger partial charge is 0.255 e. The highest BCUT2D eigenvalue weighted by atomic mass is 35.5. The number of hydrogen-bond donors (Lipinski definition) is 1. The van der Waals surface area contributed by atoms with Gasteiger partial charge in [-0.05, 0) is 49.4 Å². The number of halogens is 2. The normalized spacial score (nSPS) is 10.4. The minimum absolute atomic E-state index is 0.224. The average molecular weight is 446 g/mol. The van der Waals surface area contributed by atoms with Crippen LogP contribution in [0.1, 0.15) is 22.8 Å². The molecule has 3 aromatic rings. The lowest BCUT2D eigenvalue weighted by molar-refractivity contribution is 0.102. The Morgan fingerprint density at radius 1 is 0.967 bits per heavy atom. The standard InChI is InChI=1S/C23H21Cl2NO4/c1-3-29-21-11-10-15(23(27)26-20-9-5-8-19(24)22(20)25)12-16(21)14-30-18-7-4-6-17(13-18)28-2/h4-13H,3,14H2,1-2H3,(H,26,27). The van der Waals surface area contributed by atoms with Gasteiger partial charge in [-0.15, -0.1) is 0 Å². The van der Waals surface area contributed by atoms with E-state index < -0.39 is 0 Å². The molecule has 0 aromatic heterocycles. The molecule has 0 radical (unpaired) electrons. The molecular formula is C23H21Cl2NO4. The van der Waals surface area contributed by atoms with Crippen molar-refractivity contribution in [2.75, 3.05) is 19.0 Å². The van der Waals surface area contributed by atoms with Gasteiger partial charge in [0.05, 0.1) is 29.4 Å². The molecule has 0 heterocycles. The fourth-order valence-corrected chi connectivity index (χ4v) is 3.12. The monoisotopic (exact) mass is 445 g/mol. The first kappa shape index (κ1) is 21.8. The molecule has 3 rings (SSSR count). The Morgan fingerprint density at radius 2 is 1.73 bits per heavy atom. The molecule has 0 aliphatic heterocycles. The van der Waals surface area contributed by atoms with Crippen molar-refractivity contribution in [3.05, 3.63) is 81.8 Å². The van der Waals surface area contributed by atoms with Crippen LogP contribution in [0.25, 0.3) is 0 Å². The van der Waals surface area contributed by atoms with E-state index >= 15 is 0 Å². The third kappa shape index (κ3) is 5.38. The summed E-state index contributed by atoms with van der Waals surface area (Å²) < 4.78 is 16.8. The van der Waals surface area contributed by atoms with E-state index in [1.807, 2.05) is 25.1 Å². The number of carbonyl (C=O) groups excluding carboxylic acids is 1. The first-order valence-corrected chi connectivity index (χ1v) is 10.1. The van der Waals surface area contributed by atoms with Crippen LogP contribution < -0.4 is 19.5 Å². The Balaban J connectivity index is 1.80. The number of anilines is 1. The maximum absolute atomic E-state index is 12.7. The van der Waals surface area contributed by atoms with Gasteiger partial charge in [0.2, 0.25) is 0 Å². The molecule has 7 heteroatoms. The van der Waals surface area contributed by atoms with Crippen molar-refractivity contribution in [2.24, 2.45) is 0 Å². The van der Waals surface area contributed by atoms with Crippen LogP contribution in [0.5, 0.6) is 17.2 Å². The Kier molecular flexibility index (Phi) is 7.44. The van der Waals surface area contributed by atoms with Crippen LogP contribution >= 0.6 is 23.2 Å². The van der Waals surface area contributed by atoms with E-state index in [-0.39, 0.29) is 12.5 Å². The van der Waals surface area contributed by atoms with Crippen molar-refractivity contribution < 1.29 is 19.0 Å². The van der Waals surface area contributed by atoms with Gasteiger partial charge in [-0.3, -0.25) is 4.79 Å². The van der Waals surface area contributed by atoms with Gasteiger partial charge in [0.25, 0.3) is 5.91 Å². The molecule has 156 valence electrons. The summed E-state index contributed by atoms with van der Waals surface area (Å²) in [6.45, 7) is 2.62. The first-order valence-electron chi connectivity index (χ1n) is 9.29. The van der Waals surface area contributed by atoms with Gasteiger partial charge in [0.1, 0.15) is 23.9 Å². The van der Waals surface area contributed by atoms with Crippen LogP contribution in [0.4, 0.5) is 5.69 Å². The van der Waals surface area contributed by atoms with Crippen molar-refractivity contribution in [1.29, 1.82) is 0 Å². The van der Waals surface area contributed by atoms with Crippen molar-refractivity contribution in [1.82, 2.24) is 0 Å². The largest absolute Gasteiger partial charge is 0.497 e. The molecule has 0 aliphatic rings. The van der Waals surface area contributed by atoms with Gasteiger partial charge in [-0.2, -0.15) is 0 Å². The van der Waals surface area contributed by atoms with Gasteiger partial charge in [-0.25, -0.2) is 0 Å². The first-order chi connectivity index (χ1) is 14.5. The van der Waals surface area contributed by atoms with Crippen LogP contribution in [-0.4, -0.2) is 19.6 Å². The highest BCUT2D eigenvalue weighted by Crippen LogP contribution is 2.30. The SMILES string of the molecule is CCOc1ccc(C(=O)Nc2cccc(Cl)c2Cl)cc1COc1cccc(OC)c1. The summed E-state index contributed by atoms with van der Waals surface area (Å²) in [5.74, 6) is 1.68. The Bertz CT molecular complexity index is 1040. The topological polar surface area (TPSA) is 56.8 Å². The minimum atomic E-state index is -0.315. The molecule has 5 nitrogen and oxygen atoms in total. The van der Waals surface area contributed by atoms with Gasteiger partial charge < -0.3 is 19.5 Å². The van der Waals surface area contributed by atoms with Gasteiger partial charge in [0.15, 0.2) is 0 Å². The van der Waals surface area contributed by atoms with Crippen LogP contribution in [-0.2, 0) is 6.61 Å². The number of rotatable bonds is 8. The highest BCUT2D eigenvalue weighted by molar-refractivity contribution is 6.44. The fourth-order valence-electron chi connectivity index (χ4n) is 2.78. The van der Waals surface area contributed by atoms with Crippen LogP contribution in [0.2, 0.25) is 10.0 Å². The second-order valence-electron chi connectivity index (χ2n) is 6.28. The van der Waals surface area contributed by atoms with Crippen LogP contribution in [0.3, 0.4) is 0 Å². The zero-order chi connectivity index (χ0) is 21.5. The lowest BCUT2D eigenvalue weighted by Gasteiger charge is -2.14. The second kappa shape index (κ2) is 10.2. The molecule has 0 spiro atoms. The van der Waals surface area contributed by atoms with Crippen molar-refractivity contribution in [3.63, 3.8) is 0 Å². The zero-order valence-corrected chi connectivity index (χ0v) is 18.1. The molecule has 0 bridgehead atoms. The number of amides is 1. The molecule has 0 saturated carbocycles. The van der Waals surface area contributed by atoms with E-state index in [0.717, 1.165) is 5.56 Å². The average Bonchev–Trinajstić information content (AvgIpc) is 2.76. The van der Waals surface area contributed by atoms with E-state index in [0.29, 0.717) is 45.2 Å². The zero-order valence-electron chi connectivity index (χ0n) is 16.6. The lowest BCUT2D eigenvalue weighted by Crippen LogP contribution is -2.13. The third-order valence-electron chi connectivity index (χ3n) is 4.26. The number of nitrogens with one attached hydrogen (secondary N) is 1. The number of ether oxygens (including phenoxy) is 3. The van der Waals surface area contributed by atoms with Crippen molar-refractivity contribution >= 4 is 34.8 Å². The summed E-state index contributed by atoms with van der Waals surface area (Å²) in [6.07, 6.45) is 0. The van der Waals surface area contributed by atoms with Crippen molar-refractivity contribution in [3.8, 4) is 17.2 Å². The molecule has 0 saturated heterocycles. The van der Waals surface area contributed by atoms with Gasteiger partial charge in [0, 0.05) is 17.2 Å². The minimum Gasteiger partial charge on any atom is -0.497 e. The maximum atomic E-state index is 12.7. The summed E-state index contributed by atoms with van der Waals surface area (Å²) >= 11 is 12.2. The van der Waals surface area contributed by atoms with E-state index in [1.54, 1.807) is 49.6 Å². The number of benzene rings is 3. The molecule has 0 fully saturated rings. The lowest BCUT2D eigenvalue weighted by atomic mass is 10.1. The molecule has 0 aliphatic carbocycles. The second-order valence-corrected chi connectivity index (χ2v) is 7.06. The molecule has 1 N–H and O–H groups in total. The predicted molar refractivity (Wildman–Crippen MR) is 119 cm³/mol. The summed E-state index contributed by atoms with van der Waals surface area (Å²) in [5, 5.41) is 3.44. The molecule has 30 heavy (non-hydrogen) atoms. The highest BCUT2D eigenvalue weighted by Gasteiger charge is 2.14. The van der Waals surface area contributed by atoms with Crippen LogP contribution in [0, 0.1) is 0 Å². The molecule has 0 unspecified atom stereocenters. The third-order valence-corrected chi connectivity index (χ3v) is 5.08. The summed E-state index contributed by atoms with van der Waals surface area (Å²) in [5.41, 5.74) is 1.63. The summed E-state index contributed by atoms with van der Waals surface area (Å²) in [4.78, 5) is 12.7. The number of methoxy groups -OCH3 is 1. The van der Waals surface area contributed by atoms with E-state index in [9.17, 15) is 4.79 Å². The molecule has 3 aromatic carbocycles. The van der Waals surface area contributed by atoms with E-state index in [4.69, 9.17) is 37.4 Å². The van der Waals surface area contributed by atoms with Gasteiger partial charge in [-0.1, -0.05) is 35.3 Å². The summed E-state index contributed by atoms with van der Waals surface area (Å²) in [6, 6.07) is 17.5. The molecule has 0 atom stereocenters. The van der Waals surface area contributed by atoms with Gasteiger partial charge >= 0.3 is 0 Å². The van der Waals surface area contributed by atoms with E-state index in [2.05, 4.69) is 5.32 Å². The molecular weight excluding hydrogens is 425 g/mol. The quantitative estimate of drug-likeness (QED) is 0.446. The Hall–Kier alpha value is -2.89. The maximum Gasteiger partial charge on any atom is 0.255 e. The molecule has 1 amide bonds. The van der Waals surface area contributed by atoms with Crippen molar-refractivity contribution in [2.45, 2.75) is 13.5 Å². The predicted octanol–water partition coefficient (Wildman–Crippen LogP) is 6.23. The summed E-state index contributed by atoms with van der Waals surface area (Å²) in [7, 11) is 1.60. The Labute approximate surface area is 185 Å². The fraction of sp³-hybridized carbons (Fsp3) is 0.174. The van der Waals surface area contributed by atoms with Crippen LogP contribution in [0.15, 0.2) is 60.7 Å². The number of hydrogen-bond acceptors (Lipinski definition) is 4. The van der Waals surface area contributed by atoms with E-state index in [1.165, 1.54) is 0 Å². The number of carbonyl (C=O) groups is 1. The Morgan fingerprint density at radius 3 is 2.50 bits per heavy atom.